The van der Waals surface area contributed by atoms with Crippen LogP contribution in [0.4, 0.5) is 11.4 Å². The van der Waals surface area contributed by atoms with Crippen molar-refractivity contribution in [1.82, 2.24) is 0 Å². The Balaban J connectivity index is 1.46. The summed E-state index contributed by atoms with van der Waals surface area (Å²) in [7, 11) is 0. The number of nitrogens with one attached hydrogen (secondary N) is 1. The van der Waals surface area contributed by atoms with E-state index >= 15 is 0 Å². The Labute approximate surface area is 199 Å². The van der Waals surface area contributed by atoms with Gasteiger partial charge in [0.1, 0.15) is 17.2 Å². The molecule has 4 rings (SSSR count). The third-order valence-electron chi connectivity index (χ3n) is 5.55. The molecule has 0 bridgehead atoms. The second-order valence-electron chi connectivity index (χ2n) is 8.03. The molecule has 0 aromatic heterocycles. The minimum absolute atomic E-state index is 0.127. The van der Waals surface area contributed by atoms with E-state index in [9.17, 15) is 9.59 Å². The molecule has 176 valence electrons. The minimum Gasteiger partial charge on any atom is -0.494 e. The molecule has 0 saturated heterocycles. The molecule has 7 heteroatoms. The van der Waals surface area contributed by atoms with Crippen LogP contribution in [0.25, 0.3) is 0 Å². The SMILES string of the molecule is CCOc1ccc(OCC(=O)Nc2ccc3c(c2)N(Cc2ccccc2C)C(=O)C(C)O3)cc1. The Morgan fingerprint density at radius 2 is 1.74 bits per heavy atom. The molecule has 0 aliphatic carbocycles. The van der Waals surface area contributed by atoms with Crippen LogP contribution in [-0.2, 0) is 16.1 Å². The first-order chi connectivity index (χ1) is 16.4. The topological polar surface area (TPSA) is 77.1 Å². The fraction of sp³-hybridized carbons (Fsp3) is 0.259. The summed E-state index contributed by atoms with van der Waals surface area (Å²) in [5.41, 5.74) is 3.33. The fourth-order valence-corrected chi connectivity index (χ4v) is 3.75. The molecule has 7 nitrogen and oxygen atoms in total. The number of hydrogen-bond acceptors (Lipinski definition) is 5. The quantitative estimate of drug-likeness (QED) is 0.526. The summed E-state index contributed by atoms with van der Waals surface area (Å²) in [5.74, 6) is 1.48. The van der Waals surface area contributed by atoms with Crippen molar-refractivity contribution in [3.05, 3.63) is 77.9 Å². The molecule has 1 aliphatic heterocycles. The molecular weight excluding hydrogens is 432 g/mol. The Hall–Kier alpha value is -4.00. The molecule has 3 aromatic rings. The maximum Gasteiger partial charge on any atom is 0.268 e. The van der Waals surface area contributed by atoms with Crippen molar-refractivity contribution in [2.75, 3.05) is 23.4 Å². The predicted octanol–water partition coefficient (Wildman–Crippen LogP) is 4.73. The summed E-state index contributed by atoms with van der Waals surface area (Å²) in [6.07, 6.45) is -0.584. The summed E-state index contributed by atoms with van der Waals surface area (Å²) in [4.78, 5) is 27.1. The first kappa shape index (κ1) is 23.2. The largest absolute Gasteiger partial charge is 0.494 e. The van der Waals surface area contributed by atoms with Crippen molar-refractivity contribution in [3.8, 4) is 17.2 Å². The number of rotatable bonds is 8. The molecule has 0 saturated carbocycles. The minimum atomic E-state index is -0.584. The van der Waals surface area contributed by atoms with Gasteiger partial charge >= 0.3 is 0 Å². The molecule has 0 radical (unpaired) electrons. The third-order valence-corrected chi connectivity index (χ3v) is 5.55. The van der Waals surface area contributed by atoms with Crippen LogP contribution in [-0.4, -0.2) is 31.1 Å². The van der Waals surface area contributed by atoms with Gasteiger partial charge in [-0.2, -0.15) is 0 Å². The standard InChI is InChI=1S/C27H28N2O5/c1-4-32-22-10-12-23(13-11-22)33-17-26(30)28-21-9-14-25-24(15-21)29(27(31)19(3)34-25)16-20-8-6-5-7-18(20)2/h5-15,19H,4,16-17H2,1-3H3,(H,28,30). The van der Waals surface area contributed by atoms with Gasteiger partial charge in [0.25, 0.3) is 11.8 Å². The molecule has 1 atom stereocenters. The Morgan fingerprint density at radius 1 is 1.03 bits per heavy atom. The van der Waals surface area contributed by atoms with Gasteiger partial charge in [-0.05, 0) is 74.4 Å². The molecule has 0 spiro atoms. The summed E-state index contributed by atoms with van der Waals surface area (Å²) in [6.45, 7) is 6.53. The molecule has 1 unspecified atom stereocenters. The van der Waals surface area contributed by atoms with E-state index in [2.05, 4.69) is 5.32 Å². The summed E-state index contributed by atoms with van der Waals surface area (Å²) < 4.78 is 16.8. The first-order valence-corrected chi connectivity index (χ1v) is 11.3. The highest BCUT2D eigenvalue weighted by Gasteiger charge is 2.32. The highest BCUT2D eigenvalue weighted by atomic mass is 16.5. The van der Waals surface area contributed by atoms with E-state index < -0.39 is 6.10 Å². The average Bonchev–Trinajstić information content (AvgIpc) is 2.83. The smallest absolute Gasteiger partial charge is 0.268 e. The number of amides is 2. The lowest BCUT2D eigenvalue weighted by atomic mass is 10.1. The first-order valence-electron chi connectivity index (χ1n) is 11.3. The lowest BCUT2D eigenvalue weighted by molar-refractivity contribution is -0.125. The van der Waals surface area contributed by atoms with Crippen LogP contribution in [0, 0.1) is 6.92 Å². The van der Waals surface area contributed by atoms with Gasteiger partial charge in [0.05, 0.1) is 18.8 Å². The average molecular weight is 461 g/mol. The van der Waals surface area contributed by atoms with Crippen molar-refractivity contribution >= 4 is 23.2 Å². The third kappa shape index (κ3) is 5.31. The van der Waals surface area contributed by atoms with Gasteiger partial charge in [-0.15, -0.1) is 0 Å². The van der Waals surface area contributed by atoms with E-state index in [0.29, 0.717) is 36.0 Å². The van der Waals surface area contributed by atoms with Gasteiger partial charge in [0.15, 0.2) is 12.7 Å². The predicted molar refractivity (Wildman–Crippen MR) is 131 cm³/mol. The zero-order chi connectivity index (χ0) is 24.1. The number of fused-ring (bicyclic) bond motifs is 1. The number of aryl methyl sites for hydroxylation is 1. The Bertz CT molecular complexity index is 1180. The number of carbonyl (C=O) groups excluding carboxylic acids is 2. The Morgan fingerprint density at radius 3 is 2.44 bits per heavy atom. The van der Waals surface area contributed by atoms with Crippen molar-refractivity contribution in [1.29, 1.82) is 0 Å². The second-order valence-corrected chi connectivity index (χ2v) is 8.03. The van der Waals surface area contributed by atoms with Gasteiger partial charge in [-0.3, -0.25) is 9.59 Å². The number of benzene rings is 3. The van der Waals surface area contributed by atoms with E-state index in [1.54, 1.807) is 54.3 Å². The van der Waals surface area contributed by atoms with Crippen LogP contribution in [0.5, 0.6) is 17.2 Å². The molecular formula is C27H28N2O5. The molecule has 0 fully saturated rings. The molecule has 2 amide bonds. The van der Waals surface area contributed by atoms with E-state index in [-0.39, 0.29) is 18.4 Å². The molecule has 34 heavy (non-hydrogen) atoms. The monoisotopic (exact) mass is 460 g/mol. The van der Waals surface area contributed by atoms with E-state index in [4.69, 9.17) is 14.2 Å². The number of hydrogen-bond donors (Lipinski definition) is 1. The maximum atomic E-state index is 12.9. The summed E-state index contributed by atoms with van der Waals surface area (Å²) in [6, 6.07) is 20.3. The number of anilines is 2. The van der Waals surface area contributed by atoms with Crippen molar-refractivity contribution in [3.63, 3.8) is 0 Å². The van der Waals surface area contributed by atoms with Crippen LogP contribution < -0.4 is 24.4 Å². The van der Waals surface area contributed by atoms with Gasteiger partial charge < -0.3 is 24.4 Å². The van der Waals surface area contributed by atoms with Gasteiger partial charge in [-0.25, -0.2) is 0 Å². The number of nitrogens with zero attached hydrogens (tertiary/aromatic N) is 1. The van der Waals surface area contributed by atoms with E-state index in [1.165, 1.54) is 0 Å². The zero-order valence-corrected chi connectivity index (χ0v) is 19.5. The van der Waals surface area contributed by atoms with Crippen LogP contribution >= 0.6 is 0 Å². The van der Waals surface area contributed by atoms with E-state index in [0.717, 1.165) is 16.9 Å². The van der Waals surface area contributed by atoms with Gasteiger partial charge in [-0.1, -0.05) is 24.3 Å². The van der Waals surface area contributed by atoms with Crippen LogP contribution in [0.15, 0.2) is 66.7 Å². The zero-order valence-electron chi connectivity index (χ0n) is 19.5. The Kier molecular flexibility index (Phi) is 7.01. The molecule has 1 aliphatic rings. The van der Waals surface area contributed by atoms with Crippen molar-refractivity contribution in [2.45, 2.75) is 33.4 Å². The fourth-order valence-electron chi connectivity index (χ4n) is 3.75. The second kappa shape index (κ2) is 10.3. The molecule has 1 heterocycles. The lowest BCUT2D eigenvalue weighted by Gasteiger charge is -2.33. The molecule has 3 aromatic carbocycles. The highest BCUT2D eigenvalue weighted by molar-refractivity contribution is 6.01. The van der Waals surface area contributed by atoms with Crippen molar-refractivity contribution in [2.24, 2.45) is 0 Å². The molecule has 1 N–H and O–H groups in total. The summed E-state index contributed by atoms with van der Waals surface area (Å²) >= 11 is 0. The van der Waals surface area contributed by atoms with Crippen LogP contribution in [0.1, 0.15) is 25.0 Å². The lowest BCUT2D eigenvalue weighted by Crippen LogP contribution is -2.44. The summed E-state index contributed by atoms with van der Waals surface area (Å²) in [5, 5.41) is 2.83. The number of carbonyl (C=O) groups is 2. The van der Waals surface area contributed by atoms with Gasteiger partial charge in [0.2, 0.25) is 0 Å². The van der Waals surface area contributed by atoms with Crippen molar-refractivity contribution < 1.29 is 23.8 Å². The highest BCUT2D eigenvalue weighted by Crippen LogP contribution is 2.37. The normalized spacial score (nSPS) is 14.7. The maximum absolute atomic E-state index is 12.9. The number of ether oxygens (including phenoxy) is 3. The van der Waals surface area contributed by atoms with Gasteiger partial charge in [0, 0.05) is 5.69 Å². The van der Waals surface area contributed by atoms with Crippen LogP contribution in [0.3, 0.4) is 0 Å². The van der Waals surface area contributed by atoms with E-state index in [1.807, 2.05) is 38.1 Å². The van der Waals surface area contributed by atoms with Crippen LogP contribution in [0.2, 0.25) is 0 Å².